The fourth-order valence-electron chi connectivity index (χ4n) is 2.62. The Hall–Kier alpha value is -1.14. The standard InChI is InChI=1S/C15H17BrO4S/c1-21(19,20)14-7-6-11(9-13(14)16)12(15(17)18)8-10-4-2-3-5-10/h6-10H,2-5H2,1H3,(H,17,18). The maximum absolute atomic E-state index is 11.6. The van der Waals surface area contributed by atoms with E-state index in [4.69, 9.17) is 0 Å². The molecule has 0 heterocycles. The van der Waals surface area contributed by atoms with E-state index in [1.54, 1.807) is 18.2 Å². The zero-order chi connectivity index (χ0) is 15.6. The summed E-state index contributed by atoms with van der Waals surface area (Å²) in [5, 5.41) is 9.41. The molecule has 0 aliphatic heterocycles. The number of carboxylic acid groups (broad SMARTS) is 1. The number of allylic oxidation sites excluding steroid dienone is 1. The van der Waals surface area contributed by atoms with Gasteiger partial charge >= 0.3 is 5.97 Å². The molecule has 0 radical (unpaired) electrons. The Balaban J connectivity index is 2.42. The van der Waals surface area contributed by atoms with Crippen molar-refractivity contribution in [1.29, 1.82) is 0 Å². The van der Waals surface area contributed by atoms with Gasteiger partial charge in [-0.2, -0.15) is 0 Å². The molecule has 114 valence electrons. The molecule has 0 spiro atoms. The van der Waals surface area contributed by atoms with Crippen molar-refractivity contribution in [2.24, 2.45) is 5.92 Å². The molecule has 4 nitrogen and oxygen atoms in total. The molecular weight excluding hydrogens is 356 g/mol. The van der Waals surface area contributed by atoms with E-state index in [-0.39, 0.29) is 10.5 Å². The number of hydrogen-bond donors (Lipinski definition) is 1. The highest BCUT2D eigenvalue weighted by Gasteiger charge is 2.19. The van der Waals surface area contributed by atoms with Gasteiger partial charge in [0.2, 0.25) is 0 Å². The van der Waals surface area contributed by atoms with Gasteiger partial charge < -0.3 is 5.11 Å². The van der Waals surface area contributed by atoms with Crippen LogP contribution in [-0.2, 0) is 14.6 Å². The van der Waals surface area contributed by atoms with E-state index in [1.165, 1.54) is 6.07 Å². The molecule has 0 aromatic heterocycles. The molecule has 0 atom stereocenters. The van der Waals surface area contributed by atoms with Crippen molar-refractivity contribution in [3.63, 3.8) is 0 Å². The summed E-state index contributed by atoms with van der Waals surface area (Å²) in [6, 6.07) is 4.56. The van der Waals surface area contributed by atoms with Gasteiger partial charge in [0.1, 0.15) is 0 Å². The van der Waals surface area contributed by atoms with E-state index in [1.807, 2.05) is 0 Å². The van der Waals surface area contributed by atoms with Crippen LogP contribution in [0.3, 0.4) is 0 Å². The van der Waals surface area contributed by atoms with Crippen molar-refractivity contribution in [3.05, 3.63) is 34.3 Å². The minimum Gasteiger partial charge on any atom is -0.478 e. The Bertz CT molecular complexity index is 686. The highest BCUT2D eigenvalue weighted by Crippen LogP contribution is 2.31. The van der Waals surface area contributed by atoms with Crippen LogP contribution in [0.4, 0.5) is 0 Å². The first-order valence-electron chi connectivity index (χ1n) is 6.74. The lowest BCUT2D eigenvalue weighted by Gasteiger charge is -2.09. The maximum atomic E-state index is 11.6. The second-order valence-electron chi connectivity index (χ2n) is 5.35. The molecule has 6 heteroatoms. The number of aliphatic carboxylic acids is 1. The Morgan fingerprint density at radius 3 is 2.43 bits per heavy atom. The van der Waals surface area contributed by atoms with Crippen LogP contribution in [0.15, 0.2) is 33.6 Å². The van der Waals surface area contributed by atoms with Gasteiger partial charge in [-0.15, -0.1) is 0 Å². The third kappa shape index (κ3) is 3.95. The summed E-state index contributed by atoms with van der Waals surface area (Å²) < 4.78 is 23.6. The number of sulfone groups is 1. The lowest BCUT2D eigenvalue weighted by Crippen LogP contribution is -2.04. The molecule has 2 rings (SSSR count). The number of carbonyl (C=O) groups is 1. The molecule has 1 saturated carbocycles. The van der Waals surface area contributed by atoms with Crippen molar-refractivity contribution in [1.82, 2.24) is 0 Å². The average Bonchev–Trinajstić information content (AvgIpc) is 2.86. The van der Waals surface area contributed by atoms with E-state index < -0.39 is 15.8 Å². The summed E-state index contributed by atoms with van der Waals surface area (Å²) in [7, 11) is -3.33. The van der Waals surface area contributed by atoms with Gasteiger partial charge in [0.15, 0.2) is 9.84 Å². The quantitative estimate of drug-likeness (QED) is 0.820. The molecule has 0 amide bonds. The second-order valence-corrected chi connectivity index (χ2v) is 8.19. The second kappa shape index (κ2) is 6.32. The Morgan fingerprint density at radius 2 is 1.95 bits per heavy atom. The lowest BCUT2D eigenvalue weighted by atomic mass is 9.99. The Kier molecular flexibility index (Phi) is 4.88. The fourth-order valence-corrected chi connectivity index (χ4v) is 4.61. The summed E-state index contributed by atoms with van der Waals surface area (Å²) in [4.78, 5) is 11.6. The zero-order valence-corrected chi connectivity index (χ0v) is 14.1. The van der Waals surface area contributed by atoms with Crippen molar-refractivity contribution >= 4 is 37.3 Å². The largest absolute Gasteiger partial charge is 0.478 e. The lowest BCUT2D eigenvalue weighted by molar-refractivity contribution is -0.130. The molecule has 21 heavy (non-hydrogen) atoms. The summed E-state index contributed by atoms with van der Waals surface area (Å²) in [5.74, 6) is -0.689. The molecule has 1 aromatic rings. The molecule has 1 N–H and O–H groups in total. The Morgan fingerprint density at radius 1 is 1.33 bits per heavy atom. The van der Waals surface area contributed by atoms with Gasteiger partial charge in [0.25, 0.3) is 0 Å². The highest BCUT2D eigenvalue weighted by atomic mass is 79.9. The minimum absolute atomic E-state index is 0.164. The van der Waals surface area contributed by atoms with E-state index in [0.717, 1.165) is 31.9 Å². The van der Waals surface area contributed by atoms with E-state index in [0.29, 0.717) is 16.0 Å². The third-order valence-corrected chi connectivity index (χ3v) is 5.75. The van der Waals surface area contributed by atoms with Crippen LogP contribution in [0.5, 0.6) is 0 Å². The summed E-state index contributed by atoms with van der Waals surface area (Å²) >= 11 is 3.21. The van der Waals surface area contributed by atoms with Crippen LogP contribution >= 0.6 is 15.9 Å². The van der Waals surface area contributed by atoms with Crippen LogP contribution in [0.2, 0.25) is 0 Å². The van der Waals surface area contributed by atoms with Crippen molar-refractivity contribution in [3.8, 4) is 0 Å². The van der Waals surface area contributed by atoms with E-state index >= 15 is 0 Å². The predicted octanol–water partition coefficient (Wildman–Crippen LogP) is 3.51. The van der Waals surface area contributed by atoms with Crippen LogP contribution in [0.1, 0.15) is 31.2 Å². The summed E-state index contributed by atoms with van der Waals surface area (Å²) in [5.41, 5.74) is 0.760. The molecule has 1 aliphatic carbocycles. The molecule has 0 saturated heterocycles. The first kappa shape index (κ1) is 16.2. The smallest absolute Gasteiger partial charge is 0.335 e. The monoisotopic (exact) mass is 372 g/mol. The first-order valence-corrected chi connectivity index (χ1v) is 9.42. The van der Waals surface area contributed by atoms with Gasteiger partial charge in [-0.3, -0.25) is 0 Å². The van der Waals surface area contributed by atoms with E-state index in [2.05, 4.69) is 15.9 Å². The highest BCUT2D eigenvalue weighted by molar-refractivity contribution is 9.10. The van der Waals surface area contributed by atoms with Gasteiger partial charge in [-0.25, -0.2) is 13.2 Å². The molecule has 1 aliphatic rings. The van der Waals surface area contributed by atoms with Crippen molar-refractivity contribution < 1.29 is 18.3 Å². The van der Waals surface area contributed by atoms with Crippen LogP contribution in [-0.4, -0.2) is 25.7 Å². The molecule has 1 fully saturated rings. The van der Waals surface area contributed by atoms with Crippen molar-refractivity contribution in [2.45, 2.75) is 30.6 Å². The third-order valence-electron chi connectivity index (χ3n) is 3.67. The number of benzene rings is 1. The topological polar surface area (TPSA) is 71.4 Å². The van der Waals surface area contributed by atoms with Crippen LogP contribution in [0.25, 0.3) is 5.57 Å². The Labute approximate surface area is 132 Å². The van der Waals surface area contributed by atoms with Gasteiger partial charge in [0.05, 0.1) is 10.5 Å². The molecule has 1 aromatic carbocycles. The van der Waals surface area contributed by atoms with Gasteiger partial charge in [0, 0.05) is 10.7 Å². The predicted molar refractivity (Wildman–Crippen MR) is 84.8 cm³/mol. The average molecular weight is 373 g/mol. The van der Waals surface area contributed by atoms with Crippen LogP contribution in [0, 0.1) is 5.92 Å². The number of halogens is 1. The first-order chi connectivity index (χ1) is 9.79. The fraction of sp³-hybridized carbons (Fsp3) is 0.400. The summed E-state index contributed by atoms with van der Waals surface area (Å²) in [6.07, 6.45) is 7.21. The molecule has 0 unspecified atom stereocenters. The number of hydrogen-bond acceptors (Lipinski definition) is 3. The van der Waals surface area contributed by atoms with Gasteiger partial charge in [-0.05, 0) is 52.4 Å². The SMILES string of the molecule is CS(=O)(=O)c1ccc(C(=CC2CCCC2)C(=O)O)cc1Br. The molecule has 0 bridgehead atoms. The summed E-state index contributed by atoms with van der Waals surface area (Å²) in [6.45, 7) is 0. The number of carboxylic acids is 1. The minimum atomic E-state index is -3.33. The zero-order valence-electron chi connectivity index (χ0n) is 11.7. The van der Waals surface area contributed by atoms with Gasteiger partial charge in [-0.1, -0.05) is 25.0 Å². The molecular formula is C15H17BrO4S. The normalized spacial score (nSPS) is 17.1. The van der Waals surface area contributed by atoms with Crippen LogP contribution < -0.4 is 0 Å². The number of rotatable bonds is 4. The van der Waals surface area contributed by atoms with Crippen molar-refractivity contribution in [2.75, 3.05) is 6.26 Å². The van der Waals surface area contributed by atoms with E-state index in [9.17, 15) is 18.3 Å². The maximum Gasteiger partial charge on any atom is 0.335 e.